The number of anilines is 1. The third-order valence-corrected chi connectivity index (χ3v) is 4.27. The van der Waals surface area contributed by atoms with Crippen LogP contribution in [-0.4, -0.2) is 49.4 Å². The SMILES string of the molecule is CN(C(=O)C1CNC1)C1CCN(c2ccccc2F)C1=O. The first-order chi connectivity index (χ1) is 10.1. The van der Waals surface area contributed by atoms with Crippen molar-refractivity contribution in [3.05, 3.63) is 30.1 Å². The van der Waals surface area contributed by atoms with Crippen molar-refractivity contribution < 1.29 is 14.0 Å². The van der Waals surface area contributed by atoms with Gasteiger partial charge < -0.3 is 15.1 Å². The summed E-state index contributed by atoms with van der Waals surface area (Å²) in [6.07, 6.45) is 0.537. The van der Waals surface area contributed by atoms with Crippen molar-refractivity contribution >= 4 is 17.5 Å². The molecule has 2 saturated heterocycles. The predicted octanol–water partition coefficient (Wildman–Crippen LogP) is 0.609. The van der Waals surface area contributed by atoms with E-state index in [-0.39, 0.29) is 23.4 Å². The smallest absolute Gasteiger partial charge is 0.249 e. The van der Waals surface area contributed by atoms with Crippen LogP contribution in [0.15, 0.2) is 24.3 Å². The summed E-state index contributed by atoms with van der Waals surface area (Å²) in [5.74, 6) is -0.667. The number of hydrogen-bond acceptors (Lipinski definition) is 3. The molecule has 2 fully saturated rings. The lowest BCUT2D eigenvalue weighted by Crippen LogP contribution is -2.54. The highest BCUT2D eigenvalue weighted by Gasteiger charge is 2.40. The maximum atomic E-state index is 13.8. The van der Waals surface area contributed by atoms with Gasteiger partial charge in [-0.3, -0.25) is 9.59 Å². The van der Waals surface area contributed by atoms with Crippen LogP contribution in [0, 0.1) is 11.7 Å². The number of carbonyl (C=O) groups excluding carboxylic acids is 2. The second kappa shape index (κ2) is 5.44. The van der Waals surface area contributed by atoms with Gasteiger partial charge in [0.1, 0.15) is 11.9 Å². The third-order valence-electron chi connectivity index (χ3n) is 4.27. The molecule has 1 unspecified atom stereocenters. The van der Waals surface area contributed by atoms with Crippen LogP contribution in [0.4, 0.5) is 10.1 Å². The minimum absolute atomic E-state index is 0.0116. The highest BCUT2D eigenvalue weighted by Crippen LogP contribution is 2.27. The highest BCUT2D eigenvalue weighted by atomic mass is 19.1. The Morgan fingerprint density at radius 2 is 2.10 bits per heavy atom. The van der Waals surface area contributed by atoms with E-state index in [1.165, 1.54) is 15.9 Å². The summed E-state index contributed by atoms with van der Waals surface area (Å²) < 4.78 is 13.8. The third kappa shape index (κ3) is 2.40. The van der Waals surface area contributed by atoms with E-state index in [2.05, 4.69) is 5.32 Å². The summed E-state index contributed by atoms with van der Waals surface area (Å²) in [4.78, 5) is 27.6. The molecule has 0 radical (unpaired) electrons. The van der Waals surface area contributed by atoms with Gasteiger partial charge in [0.2, 0.25) is 11.8 Å². The zero-order chi connectivity index (χ0) is 15.0. The second-order valence-electron chi connectivity index (χ2n) is 5.55. The van der Waals surface area contributed by atoms with Crippen molar-refractivity contribution in [1.82, 2.24) is 10.2 Å². The molecule has 2 amide bonds. The van der Waals surface area contributed by atoms with Gasteiger partial charge >= 0.3 is 0 Å². The Morgan fingerprint density at radius 3 is 2.71 bits per heavy atom. The zero-order valence-electron chi connectivity index (χ0n) is 11.9. The van der Waals surface area contributed by atoms with E-state index in [0.717, 1.165) is 0 Å². The van der Waals surface area contributed by atoms with Gasteiger partial charge in [0, 0.05) is 26.7 Å². The lowest BCUT2D eigenvalue weighted by molar-refractivity contribution is -0.141. The number of nitrogens with zero attached hydrogens (tertiary/aromatic N) is 2. The number of nitrogens with one attached hydrogen (secondary N) is 1. The molecule has 6 heteroatoms. The van der Waals surface area contributed by atoms with Crippen molar-refractivity contribution in [3.8, 4) is 0 Å². The van der Waals surface area contributed by atoms with Gasteiger partial charge in [-0.15, -0.1) is 0 Å². The van der Waals surface area contributed by atoms with Crippen LogP contribution in [0.3, 0.4) is 0 Å². The van der Waals surface area contributed by atoms with Gasteiger partial charge in [-0.2, -0.15) is 0 Å². The Bertz CT molecular complexity index is 574. The summed E-state index contributed by atoms with van der Waals surface area (Å²) in [5, 5.41) is 3.05. The molecule has 0 aliphatic carbocycles. The van der Waals surface area contributed by atoms with Crippen LogP contribution in [0.2, 0.25) is 0 Å². The molecule has 112 valence electrons. The Hall–Kier alpha value is -1.95. The van der Waals surface area contributed by atoms with Gasteiger partial charge in [-0.05, 0) is 18.6 Å². The van der Waals surface area contributed by atoms with Gasteiger partial charge in [-0.25, -0.2) is 4.39 Å². The lowest BCUT2D eigenvalue weighted by Gasteiger charge is -2.32. The summed E-state index contributed by atoms with van der Waals surface area (Å²) in [5.41, 5.74) is 0.288. The quantitative estimate of drug-likeness (QED) is 0.888. The van der Waals surface area contributed by atoms with E-state index in [4.69, 9.17) is 0 Å². The Morgan fingerprint density at radius 1 is 1.38 bits per heavy atom. The fraction of sp³-hybridized carbons (Fsp3) is 0.467. The van der Waals surface area contributed by atoms with Crippen LogP contribution < -0.4 is 10.2 Å². The molecule has 21 heavy (non-hydrogen) atoms. The topological polar surface area (TPSA) is 52.7 Å². The van der Waals surface area contributed by atoms with Crippen molar-refractivity contribution in [3.63, 3.8) is 0 Å². The number of hydrogen-bond donors (Lipinski definition) is 1. The zero-order valence-corrected chi connectivity index (χ0v) is 11.9. The molecule has 1 aromatic rings. The standard InChI is InChI=1S/C15H18FN3O2/c1-18(14(20)10-8-17-9-10)13-6-7-19(15(13)21)12-5-3-2-4-11(12)16/h2-5,10,13,17H,6-9H2,1H3. The van der Waals surface area contributed by atoms with Crippen molar-refractivity contribution in [2.24, 2.45) is 5.92 Å². The van der Waals surface area contributed by atoms with E-state index < -0.39 is 11.9 Å². The molecule has 3 rings (SSSR count). The molecular formula is C15H18FN3O2. The molecular weight excluding hydrogens is 273 g/mol. The fourth-order valence-electron chi connectivity index (χ4n) is 2.84. The number of rotatable bonds is 3. The first kappa shape index (κ1) is 14.0. The average Bonchev–Trinajstić information content (AvgIpc) is 2.78. The maximum absolute atomic E-state index is 13.8. The monoisotopic (exact) mass is 291 g/mol. The molecule has 0 saturated carbocycles. The van der Waals surface area contributed by atoms with Crippen LogP contribution in [0.5, 0.6) is 0 Å². The van der Waals surface area contributed by atoms with Crippen molar-refractivity contribution in [2.75, 3.05) is 31.6 Å². The summed E-state index contributed by atoms with van der Waals surface area (Å²) in [7, 11) is 1.66. The second-order valence-corrected chi connectivity index (χ2v) is 5.55. The molecule has 2 aliphatic heterocycles. The van der Waals surface area contributed by atoms with Crippen LogP contribution in [-0.2, 0) is 9.59 Å². The van der Waals surface area contributed by atoms with Gasteiger partial charge in [0.25, 0.3) is 0 Å². The molecule has 5 nitrogen and oxygen atoms in total. The Balaban J connectivity index is 1.74. The van der Waals surface area contributed by atoms with Gasteiger partial charge in [0.15, 0.2) is 0 Å². The van der Waals surface area contributed by atoms with Crippen LogP contribution in [0.25, 0.3) is 0 Å². The lowest BCUT2D eigenvalue weighted by atomic mass is 10.0. The first-order valence-electron chi connectivity index (χ1n) is 7.13. The molecule has 2 aliphatic rings. The van der Waals surface area contributed by atoms with Crippen LogP contribution in [0.1, 0.15) is 6.42 Å². The number of likely N-dealkylation sites (N-methyl/N-ethyl adjacent to an activating group) is 1. The number of halogens is 1. The molecule has 0 bridgehead atoms. The molecule has 0 spiro atoms. The number of carbonyl (C=O) groups is 2. The Kier molecular flexibility index (Phi) is 3.63. The average molecular weight is 291 g/mol. The van der Waals surface area contributed by atoms with E-state index in [9.17, 15) is 14.0 Å². The van der Waals surface area contributed by atoms with Gasteiger partial charge in [-0.1, -0.05) is 12.1 Å². The number of para-hydroxylation sites is 1. The summed E-state index contributed by atoms with van der Waals surface area (Å²) in [6, 6.07) is 5.74. The molecule has 1 atom stereocenters. The predicted molar refractivity (Wildman–Crippen MR) is 76.3 cm³/mol. The largest absolute Gasteiger partial charge is 0.333 e. The highest BCUT2D eigenvalue weighted by molar-refractivity contribution is 6.01. The van der Waals surface area contributed by atoms with E-state index in [1.807, 2.05) is 0 Å². The molecule has 0 aromatic heterocycles. The molecule has 1 aromatic carbocycles. The number of amides is 2. The van der Waals surface area contributed by atoms with Crippen molar-refractivity contribution in [1.29, 1.82) is 0 Å². The van der Waals surface area contributed by atoms with E-state index >= 15 is 0 Å². The van der Waals surface area contributed by atoms with Crippen LogP contribution >= 0.6 is 0 Å². The number of benzene rings is 1. The summed E-state index contributed by atoms with van der Waals surface area (Å²) in [6.45, 7) is 1.77. The van der Waals surface area contributed by atoms with E-state index in [1.54, 1.807) is 25.2 Å². The van der Waals surface area contributed by atoms with E-state index in [0.29, 0.717) is 26.1 Å². The minimum atomic E-state index is -0.488. The maximum Gasteiger partial charge on any atom is 0.249 e. The Labute approximate surface area is 122 Å². The van der Waals surface area contributed by atoms with Gasteiger partial charge in [0.05, 0.1) is 11.6 Å². The van der Waals surface area contributed by atoms with Crippen molar-refractivity contribution in [2.45, 2.75) is 12.5 Å². The molecule has 2 heterocycles. The fourth-order valence-corrected chi connectivity index (χ4v) is 2.84. The summed E-state index contributed by atoms with van der Waals surface area (Å²) >= 11 is 0. The normalized spacial score (nSPS) is 22.3. The first-order valence-corrected chi connectivity index (χ1v) is 7.13. The molecule has 1 N–H and O–H groups in total. The minimum Gasteiger partial charge on any atom is -0.333 e.